The zero-order chi connectivity index (χ0) is 16.6. The van der Waals surface area contributed by atoms with Gasteiger partial charge in [0.1, 0.15) is 0 Å². The standard InChI is InChI=1S/C17H36N4O/c1-7-10-21-11-8-14(9-12-21)20-16(18-5)19-13-15(22-6)17(2,3)4/h14-15H,7-13H2,1-6H3,(H2,18,19,20). The van der Waals surface area contributed by atoms with Gasteiger partial charge in [0.15, 0.2) is 5.96 Å². The quantitative estimate of drug-likeness (QED) is 0.582. The van der Waals surface area contributed by atoms with Crippen LogP contribution in [0.1, 0.15) is 47.0 Å². The van der Waals surface area contributed by atoms with Crippen LogP contribution < -0.4 is 10.6 Å². The molecule has 1 atom stereocenters. The van der Waals surface area contributed by atoms with E-state index in [1.807, 2.05) is 7.05 Å². The monoisotopic (exact) mass is 312 g/mol. The fourth-order valence-corrected chi connectivity index (χ4v) is 2.94. The van der Waals surface area contributed by atoms with E-state index in [1.54, 1.807) is 7.11 Å². The van der Waals surface area contributed by atoms with Gasteiger partial charge in [-0.3, -0.25) is 4.99 Å². The molecule has 130 valence electrons. The van der Waals surface area contributed by atoms with Crippen molar-refractivity contribution in [2.75, 3.05) is 40.3 Å². The van der Waals surface area contributed by atoms with E-state index in [4.69, 9.17) is 4.74 Å². The largest absolute Gasteiger partial charge is 0.379 e. The Morgan fingerprint density at radius 1 is 1.32 bits per heavy atom. The van der Waals surface area contributed by atoms with Crippen molar-refractivity contribution < 1.29 is 4.74 Å². The van der Waals surface area contributed by atoms with Gasteiger partial charge in [0.2, 0.25) is 0 Å². The van der Waals surface area contributed by atoms with Gasteiger partial charge in [-0.1, -0.05) is 27.7 Å². The normalized spacial score (nSPS) is 20.0. The molecule has 0 aromatic rings. The van der Waals surface area contributed by atoms with Crippen LogP contribution in [0.5, 0.6) is 0 Å². The molecule has 0 spiro atoms. The second-order valence-electron chi connectivity index (χ2n) is 7.30. The lowest BCUT2D eigenvalue weighted by atomic mass is 9.89. The summed E-state index contributed by atoms with van der Waals surface area (Å²) in [4.78, 5) is 6.90. The SMILES string of the molecule is CCCN1CCC(NC(=NC)NCC(OC)C(C)(C)C)CC1. The minimum Gasteiger partial charge on any atom is -0.379 e. The van der Waals surface area contributed by atoms with E-state index in [0.29, 0.717) is 6.04 Å². The molecule has 0 aromatic heterocycles. The van der Waals surface area contributed by atoms with Crippen molar-refractivity contribution in [1.82, 2.24) is 15.5 Å². The number of nitrogens with one attached hydrogen (secondary N) is 2. The van der Waals surface area contributed by atoms with Gasteiger partial charge in [-0.15, -0.1) is 0 Å². The summed E-state index contributed by atoms with van der Waals surface area (Å²) in [6.07, 6.45) is 3.78. The first-order valence-corrected chi connectivity index (χ1v) is 8.63. The van der Waals surface area contributed by atoms with Crippen LogP contribution in [0, 0.1) is 5.41 Å². The molecule has 5 nitrogen and oxygen atoms in total. The van der Waals surface area contributed by atoms with Gasteiger partial charge < -0.3 is 20.3 Å². The van der Waals surface area contributed by atoms with Gasteiger partial charge in [0.05, 0.1) is 6.10 Å². The summed E-state index contributed by atoms with van der Waals surface area (Å²) in [5.74, 6) is 0.889. The predicted molar refractivity (Wildman–Crippen MR) is 94.5 cm³/mol. The second-order valence-corrected chi connectivity index (χ2v) is 7.30. The van der Waals surface area contributed by atoms with Gasteiger partial charge in [-0.2, -0.15) is 0 Å². The molecule has 1 aliphatic rings. The van der Waals surface area contributed by atoms with Crippen LogP contribution in [-0.4, -0.2) is 63.3 Å². The Labute approximate surface area is 136 Å². The molecule has 22 heavy (non-hydrogen) atoms. The number of methoxy groups -OCH3 is 1. The lowest BCUT2D eigenvalue weighted by molar-refractivity contribution is 0.0204. The lowest BCUT2D eigenvalue weighted by Crippen LogP contribution is -2.51. The summed E-state index contributed by atoms with van der Waals surface area (Å²) in [5, 5.41) is 6.97. The number of hydrogen-bond acceptors (Lipinski definition) is 3. The van der Waals surface area contributed by atoms with Crippen LogP contribution in [0.15, 0.2) is 4.99 Å². The van der Waals surface area contributed by atoms with Crippen LogP contribution in [0.25, 0.3) is 0 Å². The Bertz CT molecular complexity index is 330. The van der Waals surface area contributed by atoms with Crippen molar-refractivity contribution >= 4 is 5.96 Å². The summed E-state index contributed by atoms with van der Waals surface area (Å²) in [6, 6.07) is 0.523. The summed E-state index contributed by atoms with van der Waals surface area (Å²) in [5.41, 5.74) is 0.117. The molecule has 1 rings (SSSR count). The number of guanidine groups is 1. The van der Waals surface area contributed by atoms with Gasteiger partial charge in [-0.05, 0) is 31.2 Å². The van der Waals surface area contributed by atoms with E-state index in [-0.39, 0.29) is 11.5 Å². The third-order valence-electron chi connectivity index (χ3n) is 4.40. The molecule has 1 aliphatic heterocycles. The fourth-order valence-electron chi connectivity index (χ4n) is 2.94. The van der Waals surface area contributed by atoms with Gasteiger partial charge >= 0.3 is 0 Å². The molecule has 5 heteroatoms. The number of likely N-dealkylation sites (tertiary alicyclic amines) is 1. The van der Waals surface area contributed by atoms with E-state index in [0.717, 1.165) is 12.5 Å². The van der Waals surface area contributed by atoms with Gasteiger partial charge in [0.25, 0.3) is 0 Å². The number of hydrogen-bond donors (Lipinski definition) is 2. The molecule has 2 N–H and O–H groups in total. The number of nitrogens with zero attached hydrogens (tertiary/aromatic N) is 2. The zero-order valence-corrected chi connectivity index (χ0v) is 15.4. The molecule has 1 saturated heterocycles. The Morgan fingerprint density at radius 3 is 2.41 bits per heavy atom. The topological polar surface area (TPSA) is 48.9 Å². The molecule has 0 aromatic carbocycles. The number of rotatable bonds is 6. The smallest absolute Gasteiger partial charge is 0.191 e. The molecule has 0 amide bonds. The van der Waals surface area contributed by atoms with Crippen LogP contribution in [-0.2, 0) is 4.74 Å². The fraction of sp³-hybridized carbons (Fsp3) is 0.941. The maximum absolute atomic E-state index is 5.59. The third kappa shape index (κ3) is 6.53. The van der Waals surface area contributed by atoms with Crippen molar-refractivity contribution in [3.8, 4) is 0 Å². The first-order valence-electron chi connectivity index (χ1n) is 8.63. The number of aliphatic imine (C=N–C) groups is 1. The van der Waals surface area contributed by atoms with E-state index < -0.39 is 0 Å². The molecule has 0 aliphatic carbocycles. The zero-order valence-electron chi connectivity index (χ0n) is 15.4. The van der Waals surface area contributed by atoms with Crippen molar-refractivity contribution in [1.29, 1.82) is 0 Å². The van der Waals surface area contributed by atoms with Crippen molar-refractivity contribution in [2.45, 2.75) is 59.1 Å². The number of ether oxygens (including phenoxy) is 1. The Morgan fingerprint density at radius 2 is 1.95 bits per heavy atom. The van der Waals surface area contributed by atoms with Crippen LogP contribution in [0.4, 0.5) is 0 Å². The highest BCUT2D eigenvalue weighted by molar-refractivity contribution is 5.80. The first kappa shape index (κ1) is 19.2. The highest BCUT2D eigenvalue weighted by atomic mass is 16.5. The molecule has 1 unspecified atom stereocenters. The average molecular weight is 313 g/mol. The summed E-state index contributed by atoms with van der Waals surface area (Å²) >= 11 is 0. The highest BCUT2D eigenvalue weighted by Crippen LogP contribution is 2.20. The minimum absolute atomic E-state index is 0.117. The van der Waals surface area contributed by atoms with E-state index in [1.165, 1.54) is 38.9 Å². The average Bonchev–Trinajstić information content (AvgIpc) is 2.47. The molecular formula is C17H36N4O. The third-order valence-corrected chi connectivity index (χ3v) is 4.40. The van der Waals surface area contributed by atoms with E-state index in [2.05, 4.69) is 48.2 Å². The minimum atomic E-state index is 0.117. The first-order chi connectivity index (χ1) is 10.4. The number of piperidine rings is 1. The highest BCUT2D eigenvalue weighted by Gasteiger charge is 2.25. The van der Waals surface area contributed by atoms with Crippen molar-refractivity contribution in [2.24, 2.45) is 10.4 Å². The molecule has 1 fully saturated rings. The molecule has 0 radical (unpaired) electrons. The Hall–Kier alpha value is -0.810. The summed E-state index contributed by atoms with van der Waals surface area (Å²) < 4.78 is 5.59. The lowest BCUT2D eigenvalue weighted by Gasteiger charge is -2.34. The van der Waals surface area contributed by atoms with Crippen molar-refractivity contribution in [3.05, 3.63) is 0 Å². The van der Waals surface area contributed by atoms with Gasteiger partial charge in [0, 0.05) is 39.8 Å². The summed E-state index contributed by atoms with van der Waals surface area (Å²) in [7, 11) is 3.61. The summed E-state index contributed by atoms with van der Waals surface area (Å²) in [6.45, 7) is 13.2. The molecule has 0 saturated carbocycles. The maximum atomic E-state index is 5.59. The van der Waals surface area contributed by atoms with Gasteiger partial charge in [-0.25, -0.2) is 0 Å². The predicted octanol–water partition coefficient (Wildman–Crippen LogP) is 2.09. The van der Waals surface area contributed by atoms with Crippen LogP contribution >= 0.6 is 0 Å². The molecular weight excluding hydrogens is 276 g/mol. The Balaban J connectivity index is 2.37. The Kier molecular flexibility index (Phi) is 8.18. The maximum Gasteiger partial charge on any atom is 0.191 e. The van der Waals surface area contributed by atoms with Crippen LogP contribution in [0.2, 0.25) is 0 Å². The molecule has 1 heterocycles. The molecule has 0 bridgehead atoms. The second kappa shape index (κ2) is 9.36. The van der Waals surface area contributed by atoms with E-state index in [9.17, 15) is 0 Å². The van der Waals surface area contributed by atoms with Crippen molar-refractivity contribution in [3.63, 3.8) is 0 Å². The van der Waals surface area contributed by atoms with E-state index >= 15 is 0 Å². The van der Waals surface area contributed by atoms with Crippen LogP contribution in [0.3, 0.4) is 0 Å².